The Labute approximate surface area is 868 Å². The standard InChI is InChI=1S/C71H43NO2.C70H41NS3/c1-2-17-44-38-60-55(37-43(44)16-1)54-25-9-12-28-58(54)71(60)59-29-13-14-31-65(59)73-66-34-32-50(42-63(66)71)72(64-30-15-21-48-36-47-20-5-6-22-51(47)69(48)64)49-33-35-67-62(41-49)70(61-39-45-18-3-4-19-46(45)40-68(61)74-67)56-26-10-7-23-52(56)53-24-8-11-27-57(53)70;1-3-18-46-42(16-1)32-36-56-66(46)50-22-7-11-26-54(50)70(56)55-27-12-14-30-62(55)73-63-38-34-44(40-58(63)70)71(60-28-15-31-65-67(60)51-23-8-13-29-61(51)72-65)45-35-39-64-59(41-45)69(57-37-33-43-17-2-4-19-47(43)68(57)74-64)52-24-9-5-20-48(52)49-21-6-10-25-53(49)69/h1-35,37-42H,36H2;1-41H. The Hall–Kier alpha value is -17.6. The van der Waals surface area contributed by atoms with E-state index in [4.69, 9.17) is 9.47 Å². The van der Waals surface area contributed by atoms with Gasteiger partial charge in [-0.2, -0.15) is 0 Å². The van der Waals surface area contributed by atoms with Crippen LogP contribution in [0, 0.1) is 0 Å². The highest BCUT2D eigenvalue weighted by Gasteiger charge is 2.57. The molecule has 148 heavy (non-hydrogen) atoms. The number of anilines is 6. The first-order valence-corrected chi connectivity index (χ1v) is 53.7. The quantitative estimate of drug-likeness (QED) is 0.165. The van der Waals surface area contributed by atoms with Crippen LogP contribution in [0.15, 0.2) is 517 Å². The zero-order valence-electron chi connectivity index (χ0n) is 80.0. The second-order valence-electron chi connectivity index (χ2n) is 40.8. The van der Waals surface area contributed by atoms with E-state index in [1.807, 2.05) is 34.9 Å². The Kier molecular flexibility index (Phi) is 17.4. The first-order chi connectivity index (χ1) is 73.3. The summed E-state index contributed by atoms with van der Waals surface area (Å²) in [5.41, 5.74) is 39.9. The van der Waals surface area contributed by atoms with Crippen molar-refractivity contribution in [3.05, 3.63) is 598 Å². The Morgan fingerprint density at radius 3 is 1.22 bits per heavy atom. The van der Waals surface area contributed by atoms with Crippen molar-refractivity contribution < 1.29 is 9.47 Å². The van der Waals surface area contributed by atoms with Gasteiger partial charge in [-0.05, 0) is 311 Å². The van der Waals surface area contributed by atoms with Crippen molar-refractivity contribution in [3.63, 3.8) is 0 Å². The minimum Gasteiger partial charge on any atom is -0.457 e. The highest BCUT2D eigenvalue weighted by Crippen LogP contribution is 2.71. The lowest BCUT2D eigenvalue weighted by molar-refractivity contribution is 0.436. The van der Waals surface area contributed by atoms with Gasteiger partial charge in [-0.1, -0.05) is 388 Å². The van der Waals surface area contributed by atoms with Crippen molar-refractivity contribution in [2.24, 2.45) is 0 Å². The minimum absolute atomic E-state index is 0.559. The van der Waals surface area contributed by atoms with E-state index in [9.17, 15) is 0 Å². The molecule has 4 spiro atoms. The van der Waals surface area contributed by atoms with Crippen LogP contribution >= 0.6 is 34.9 Å². The normalized spacial score (nSPS) is 15.9. The molecule has 2 atom stereocenters. The van der Waals surface area contributed by atoms with Crippen molar-refractivity contribution in [2.75, 3.05) is 9.80 Å². The van der Waals surface area contributed by atoms with Crippen LogP contribution in [-0.2, 0) is 28.1 Å². The van der Waals surface area contributed by atoms with E-state index >= 15 is 0 Å². The van der Waals surface area contributed by atoms with Gasteiger partial charge in [0.15, 0.2) is 0 Å². The molecule has 7 heteroatoms. The second-order valence-corrected chi connectivity index (χ2v) is 44.0. The van der Waals surface area contributed by atoms with Gasteiger partial charge in [0.25, 0.3) is 0 Å². The highest BCUT2D eigenvalue weighted by molar-refractivity contribution is 8.00. The maximum absolute atomic E-state index is 7.20. The van der Waals surface area contributed by atoms with E-state index < -0.39 is 21.7 Å². The summed E-state index contributed by atoms with van der Waals surface area (Å²) in [5, 5.41) is 12.5. The fraction of sp³-hybridized carbons (Fsp3) is 0.0355. The first-order valence-electron chi connectivity index (χ1n) is 51.2. The summed E-state index contributed by atoms with van der Waals surface area (Å²) in [6.45, 7) is 0. The van der Waals surface area contributed by atoms with Gasteiger partial charge in [0.05, 0.1) is 33.0 Å². The Bertz CT molecular complexity index is 10100. The number of fused-ring (bicyclic) bond motifs is 48. The molecule has 9 aliphatic rings. The van der Waals surface area contributed by atoms with Crippen LogP contribution in [0.3, 0.4) is 0 Å². The molecular formula is C141H84N2O2S3. The van der Waals surface area contributed by atoms with Gasteiger partial charge >= 0.3 is 0 Å². The molecule has 34 rings (SSSR count). The van der Waals surface area contributed by atoms with Crippen LogP contribution in [0.2, 0.25) is 0 Å². The van der Waals surface area contributed by atoms with Gasteiger partial charge in [0, 0.05) is 90.3 Å². The summed E-state index contributed by atoms with van der Waals surface area (Å²) < 4.78 is 16.9. The molecule has 4 aliphatic heterocycles. The molecule has 0 saturated carbocycles. The lowest BCUT2D eigenvalue weighted by atomic mass is 9.65. The molecule has 2 unspecified atom stereocenters. The van der Waals surface area contributed by atoms with E-state index in [1.165, 1.54) is 217 Å². The molecule has 1 aromatic heterocycles. The van der Waals surface area contributed by atoms with Gasteiger partial charge in [-0.15, -0.1) is 11.3 Å². The summed E-state index contributed by atoms with van der Waals surface area (Å²) >= 11 is 5.72. The molecule has 25 aromatic rings. The molecule has 0 radical (unpaired) electrons. The number of rotatable bonds is 6. The molecule has 0 N–H and O–H groups in total. The zero-order chi connectivity index (χ0) is 96.6. The Morgan fingerprint density at radius 1 is 0.196 bits per heavy atom. The molecule has 5 aliphatic carbocycles. The van der Waals surface area contributed by atoms with Crippen LogP contribution in [0.25, 0.3) is 119 Å². The number of para-hydroxylation sites is 1. The molecule has 0 amide bonds. The molecule has 24 aromatic carbocycles. The SMILES string of the molecule is c1ccc2c(c1)Cc1cccc(N(c3ccc4c(c3)C3(c5cc6ccccc6cc5O4)c4ccccc4-c4ccccc43)c3ccc4c(c3)C3(c5ccccc5O4)c4ccccc4-c4cc5ccccc5cc43)c1-2.c1ccc2c(c1)Sc1ccc(N(c3ccc4c(c3)C3(c5ccccc5-c5ccccc53)c3ccc5ccccc5c3S4)c3cccc4sc5ccccc5c34)cc1C21c2ccccc2-c2c1ccc1ccccc21. The summed E-state index contributed by atoms with van der Waals surface area (Å²) in [5.74, 6) is 3.47. The smallest absolute Gasteiger partial charge is 0.132 e. The fourth-order valence-electron chi connectivity index (χ4n) is 28.1. The largest absolute Gasteiger partial charge is 0.457 e. The molecule has 0 fully saturated rings. The van der Waals surface area contributed by atoms with Gasteiger partial charge in [-0.25, -0.2) is 0 Å². The molecule has 0 bridgehead atoms. The van der Waals surface area contributed by atoms with Crippen molar-refractivity contribution in [1.29, 1.82) is 0 Å². The van der Waals surface area contributed by atoms with E-state index in [0.29, 0.717) is 0 Å². The molecule has 688 valence electrons. The summed E-state index contributed by atoms with van der Waals surface area (Å²) in [6.07, 6.45) is 0.881. The number of ether oxygens (including phenoxy) is 2. The Balaban J connectivity index is 0.000000129. The maximum atomic E-state index is 7.20. The second kappa shape index (κ2) is 31.0. The van der Waals surface area contributed by atoms with Gasteiger partial charge < -0.3 is 19.3 Å². The van der Waals surface area contributed by atoms with Crippen molar-refractivity contribution in [2.45, 2.75) is 47.7 Å². The van der Waals surface area contributed by atoms with Crippen LogP contribution in [0.1, 0.15) is 100 Å². The number of nitrogens with zero attached hydrogens (tertiary/aromatic N) is 2. The van der Waals surface area contributed by atoms with Gasteiger partial charge in [0.2, 0.25) is 0 Å². The number of hydrogen-bond donors (Lipinski definition) is 0. The predicted octanol–water partition coefficient (Wildman–Crippen LogP) is 37.5. The monoisotopic (exact) mass is 1930 g/mol. The van der Waals surface area contributed by atoms with Gasteiger partial charge in [-0.3, -0.25) is 0 Å². The summed E-state index contributed by atoms with van der Waals surface area (Å²) in [7, 11) is 0. The van der Waals surface area contributed by atoms with Crippen molar-refractivity contribution in [3.8, 4) is 78.6 Å². The highest BCUT2D eigenvalue weighted by atomic mass is 32.2. The predicted molar refractivity (Wildman–Crippen MR) is 611 cm³/mol. The van der Waals surface area contributed by atoms with Crippen LogP contribution in [0.4, 0.5) is 34.1 Å². The fourth-order valence-corrected chi connectivity index (χ4v) is 31.7. The van der Waals surface area contributed by atoms with Crippen LogP contribution in [0.5, 0.6) is 23.0 Å². The summed E-state index contributed by atoms with van der Waals surface area (Å²) in [6, 6.07) is 187. The van der Waals surface area contributed by atoms with Crippen LogP contribution in [-0.4, -0.2) is 0 Å². The summed E-state index contributed by atoms with van der Waals surface area (Å²) in [4.78, 5) is 10.3. The van der Waals surface area contributed by atoms with E-state index in [1.54, 1.807) is 0 Å². The van der Waals surface area contributed by atoms with E-state index in [-0.39, 0.29) is 0 Å². The van der Waals surface area contributed by atoms with Crippen LogP contribution < -0.4 is 19.3 Å². The lowest BCUT2D eigenvalue weighted by Crippen LogP contribution is -2.33. The number of thiophene rings is 1. The maximum Gasteiger partial charge on any atom is 0.132 e. The molecule has 4 nitrogen and oxygen atoms in total. The average molecular weight is 1930 g/mol. The topological polar surface area (TPSA) is 24.9 Å². The number of benzene rings is 24. The van der Waals surface area contributed by atoms with E-state index in [2.05, 4.69) is 507 Å². The molecule has 5 heterocycles. The molecule has 0 saturated heterocycles. The van der Waals surface area contributed by atoms with Crippen molar-refractivity contribution >= 4 is 132 Å². The zero-order valence-corrected chi connectivity index (χ0v) is 82.4. The third kappa shape index (κ3) is 11.1. The lowest BCUT2D eigenvalue weighted by Gasteiger charge is -2.41. The molecular weight excluding hydrogens is 1850 g/mol. The average Bonchev–Trinajstić information content (AvgIpc) is 1.50. The third-order valence-electron chi connectivity index (χ3n) is 33.9. The van der Waals surface area contributed by atoms with Gasteiger partial charge in [0.1, 0.15) is 23.0 Å². The Morgan fingerprint density at radius 2 is 0.588 bits per heavy atom. The first kappa shape index (κ1) is 82.8. The third-order valence-corrected chi connectivity index (χ3v) is 37.4. The number of hydrogen-bond acceptors (Lipinski definition) is 7. The van der Waals surface area contributed by atoms with Crippen molar-refractivity contribution in [1.82, 2.24) is 0 Å². The minimum atomic E-state index is -0.676. The van der Waals surface area contributed by atoms with E-state index in [0.717, 1.165) is 85.5 Å².